The third-order valence-corrected chi connectivity index (χ3v) is 0.231. The Balaban J connectivity index is 0. The van der Waals surface area contributed by atoms with Crippen molar-refractivity contribution in [3.05, 3.63) is 0 Å². The van der Waals surface area contributed by atoms with Gasteiger partial charge in [-0.3, -0.25) is 4.74 Å². The van der Waals surface area contributed by atoms with Crippen molar-refractivity contribution in [2.24, 2.45) is 0 Å². The molecule has 0 saturated heterocycles. The van der Waals surface area contributed by atoms with Gasteiger partial charge in [-0.25, -0.2) is 0 Å². The molecule has 7 heavy (non-hydrogen) atoms. The summed E-state index contributed by atoms with van der Waals surface area (Å²) in [7, 11) is 0.583. The zero-order valence-corrected chi connectivity index (χ0v) is 3.04. The van der Waals surface area contributed by atoms with E-state index in [1.807, 2.05) is 0 Å². The smallest absolute Gasteiger partial charge is 0.295 e. The Morgan fingerprint density at radius 1 is 1.29 bits per heavy atom. The van der Waals surface area contributed by atoms with Crippen LogP contribution in [0.3, 0.4) is 0 Å². The van der Waals surface area contributed by atoms with E-state index in [0.29, 0.717) is 7.11 Å². The van der Waals surface area contributed by atoms with E-state index in [0.717, 1.165) is 0 Å². The van der Waals surface area contributed by atoms with Crippen LogP contribution in [-0.2, 0) is 4.74 Å². The number of ether oxygens (including phenoxy) is 1. The summed E-state index contributed by atoms with van der Waals surface area (Å²) in [5, 5.41) is 0. The highest BCUT2D eigenvalue weighted by atomic mass is 19.4. The lowest BCUT2D eigenvalue weighted by Gasteiger charge is -1.97. The van der Waals surface area contributed by atoms with Crippen LogP contribution in [0.4, 0.5) is 13.2 Å². The van der Waals surface area contributed by atoms with E-state index in [2.05, 4.69) is 4.74 Å². The Bertz CT molecular complexity index is 42.7. The van der Waals surface area contributed by atoms with Crippen LogP contribution in [-0.4, -0.2) is 21.9 Å². The van der Waals surface area contributed by atoms with Gasteiger partial charge in [-0.05, 0) is 0 Å². The highest BCUT2D eigenvalue weighted by Gasteiger charge is 2.25. The highest BCUT2D eigenvalue weighted by Crippen LogP contribution is 2.13. The topological polar surface area (TPSA) is 9.23 Å². The van der Waals surface area contributed by atoms with E-state index in [9.17, 15) is 13.2 Å². The van der Waals surface area contributed by atoms with Crippen molar-refractivity contribution in [1.29, 1.82) is 0 Å². The second-order valence-electron chi connectivity index (χ2n) is 0.650. The van der Waals surface area contributed by atoms with E-state index in [-0.39, 0.29) is 8.41 Å². The van der Waals surface area contributed by atoms with Gasteiger partial charge in [-0.1, -0.05) is 0 Å². The second-order valence-corrected chi connectivity index (χ2v) is 0.650. The summed E-state index contributed by atoms with van der Waals surface area (Å²) in [5.41, 5.74) is 0. The molecule has 0 aromatic carbocycles. The van der Waals surface area contributed by atoms with Gasteiger partial charge in [0, 0.05) is 7.11 Å². The average molecular weight is 114 g/mol. The van der Waals surface area contributed by atoms with E-state index < -0.39 is 6.36 Å². The first kappa shape index (κ1) is 9.94. The van der Waals surface area contributed by atoms with Crippen molar-refractivity contribution in [3.63, 3.8) is 0 Å². The maximum absolute atomic E-state index is 10.6. The summed E-state index contributed by atoms with van der Waals surface area (Å²) in [6, 6.07) is 0. The molecule has 0 spiro atoms. The van der Waals surface area contributed by atoms with E-state index >= 15 is 0 Å². The fourth-order valence-corrected chi connectivity index (χ4v) is 0. The van der Waals surface area contributed by atoms with Crippen molar-refractivity contribution < 1.29 is 17.9 Å². The van der Waals surface area contributed by atoms with Crippen LogP contribution >= 0.6 is 0 Å². The van der Waals surface area contributed by atoms with Crippen LogP contribution in [0.1, 0.15) is 0 Å². The molecule has 0 N–H and O–H groups in total. The van der Waals surface area contributed by atoms with Crippen molar-refractivity contribution in [2.45, 2.75) is 6.36 Å². The lowest BCUT2D eigenvalue weighted by atomic mass is 10.8. The largest absolute Gasteiger partial charge is 0.522 e. The van der Waals surface area contributed by atoms with Gasteiger partial charge in [0.1, 0.15) is 0 Å². The van der Waals surface area contributed by atoms with Gasteiger partial charge in [0.05, 0.1) is 8.41 Å². The van der Waals surface area contributed by atoms with Gasteiger partial charge in [-0.2, -0.15) is 0 Å². The number of methoxy groups -OCH3 is 1. The third kappa shape index (κ3) is 10.7. The SMILES string of the molecule is B.COC(F)(F)F. The summed E-state index contributed by atoms with van der Waals surface area (Å²) in [6.45, 7) is 0. The van der Waals surface area contributed by atoms with Gasteiger partial charge in [0.25, 0.3) is 0 Å². The molecule has 0 aliphatic rings. The number of halogens is 3. The van der Waals surface area contributed by atoms with Crippen molar-refractivity contribution >= 4 is 8.41 Å². The van der Waals surface area contributed by atoms with Crippen LogP contribution in [0.2, 0.25) is 0 Å². The molecular formula is C2H6BF3O. The zero-order chi connectivity index (χ0) is 5.21. The molecule has 0 saturated carbocycles. The first-order chi connectivity index (χ1) is 2.56. The molecule has 0 aromatic heterocycles. The molecular weight excluding hydrogens is 108 g/mol. The maximum atomic E-state index is 10.6. The summed E-state index contributed by atoms with van der Waals surface area (Å²) < 4.78 is 34.6. The molecule has 0 fully saturated rings. The minimum absolute atomic E-state index is 0. The molecule has 1 nitrogen and oxygen atoms in total. The quantitative estimate of drug-likeness (QED) is 0.401. The number of rotatable bonds is 0. The molecule has 0 atom stereocenters. The van der Waals surface area contributed by atoms with Crippen LogP contribution in [0, 0.1) is 0 Å². The van der Waals surface area contributed by atoms with Gasteiger partial charge in [0.2, 0.25) is 0 Å². The molecule has 0 rings (SSSR count). The predicted molar refractivity (Wildman–Crippen MR) is 23.0 cm³/mol. The predicted octanol–water partition coefficient (Wildman–Crippen LogP) is -0.0313. The minimum Gasteiger partial charge on any atom is -0.295 e. The monoisotopic (exact) mass is 114 g/mol. The molecule has 44 valence electrons. The minimum atomic E-state index is -4.46. The van der Waals surface area contributed by atoms with Crippen molar-refractivity contribution in [2.75, 3.05) is 7.11 Å². The van der Waals surface area contributed by atoms with E-state index in [1.165, 1.54) is 0 Å². The standard InChI is InChI=1S/C2H3F3O.BH3/c1-6-2(3,4)5;/h1H3;1H3. The first-order valence-electron chi connectivity index (χ1n) is 1.18. The van der Waals surface area contributed by atoms with E-state index in [1.54, 1.807) is 0 Å². The Labute approximate surface area is 41.0 Å². The number of hydrogen-bond acceptors (Lipinski definition) is 1. The van der Waals surface area contributed by atoms with Crippen LogP contribution in [0.15, 0.2) is 0 Å². The fourth-order valence-electron chi connectivity index (χ4n) is 0. The lowest BCUT2D eigenvalue weighted by molar-refractivity contribution is -0.311. The third-order valence-electron chi connectivity index (χ3n) is 0.231. The molecule has 0 bridgehead atoms. The number of alkyl halides is 3. The van der Waals surface area contributed by atoms with Crippen LogP contribution in [0.5, 0.6) is 0 Å². The summed E-state index contributed by atoms with van der Waals surface area (Å²) in [4.78, 5) is 0. The molecule has 0 aliphatic heterocycles. The summed E-state index contributed by atoms with van der Waals surface area (Å²) in [6.07, 6.45) is -4.46. The second kappa shape index (κ2) is 2.90. The Morgan fingerprint density at radius 3 is 1.43 bits per heavy atom. The Morgan fingerprint density at radius 2 is 1.43 bits per heavy atom. The molecule has 0 aliphatic carbocycles. The fraction of sp³-hybridized carbons (Fsp3) is 1.00. The van der Waals surface area contributed by atoms with Gasteiger partial charge >= 0.3 is 6.36 Å². The van der Waals surface area contributed by atoms with Crippen LogP contribution < -0.4 is 0 Å². The molecule has 0 heterocycles. The average Bonchev–Trinajstić information content (AvgIpc) is 1.35. The highest BCUT2D eigenvalue weighted by molar-refractivity contribution is 5.75. The lowest BCUT2D eigenvalue weighted by Crippen LogP contribution is -2.08. The summed E-state index contributed by atoms with van der Waals surface area (Å²) >= 11 is 0. The first-order valence-corrected chi connectivity index (χ1v) is 1.18. The Kier molecular flexibility index (Phi) is 4.12. The molecule has 0 radical (unpaired) electrons. The van der Waals surface area contributed by atoms with Crippen molar-refractivity contribution in [3.8, 4) is 0 Å². The van der Waals surface area contributed by atoms with Gasteiger partial charge in [-0.15, -0.1) is 13.2 Å². The maximum Gasteiger partial charge on any atom is 0.522 e. The van der Waals surface area contributed by atoms with Gasteiger partial charge in [0.15, 0.2) is 0 Å². The summed E-state index contributed by atoms with van der Waals surface area (Å²) in [5.74, 6) is 0. The zero-order valence-electron chi connectivity index (χ0n) is 3.04. The molecule has 5 heteroatoms. The van der Waals surface area contributed by atoms with Gasteiger partial charge < -0.3 is 0 Å². The van der Waals surface area contributed by atoms with E-state index in [4.69, 9.17) is 0 Å². The molecule has 0 unspecified atom stereocenters. The molecule has 0 amide bonds. The number of hydrogen-bond donors (Lipinski definition) is 0. The van der Waals surface area contributed by atoms with Crippen LogP contribution in [0.25, 0.3) is 0 Å². The Hall–Kier alpha value is -0.185. The van der Waals surface area contributed by atoms with Crippen molar-refractivity contribution in [1.82, 2.24) is 0 Å². The normalized spacial score (nSPS) is 10.3. The molecule has 0 aromatic rings.